The average molecular weight is 269 g/mol. The van der Waals surface area contributed by atoms with Crippen molar-refractivity contribution < 1.29 is 9.53 Å². The number of rotatable bonds is 9. The van der Waals surface area contributed by atoms with Crippen molar-refractivity contribution in [1.82, 2.24) is 4.90 Å². The quantitative estimate of drug-likeness (QED) is 0.601. The zero-order valence-corrected chi connectivity index (χ0v) is 13.3. The lowest BCUT2D eigenvalue weighted by Gasteiger charge is -2.31. The molecular weight excluding hydrogens is 238 g/mol. The van der Waals surface area contributed by atoms with E-state index < -0.39 is 0 Å². The van der Waals surface area contributed by atoms with Gasteiger partial charge in [-0.15, -0.1) is 0 Å². The standard InChI is InChI=1S/C16H31NO2/c1-12(2)8-10-17(11-9-13(3)4)15(14-6-7-14)16(18)19-5/h12-15H,6-11H2,1-5H3. The molecule has 1 fully saturated rings. The fourth-order valence-corrected chi connectivity index (χ4v) is 2.41. The van der Waals surface area contributed by atoms with Crippen LogP contribution in [0.4, 0.5) is 0 Å². The van der Waals surface area contributed by atoms with Crippen LogP contribution >= 0.6 is 0 Å². The van der Waals surface area contributed by atoms with Gasteiger partial charge in [-0.25, -0.2) is 0 Å². The highest BCUT2D eigenvalue weighted by atomic mass is 16.5. The molecule has 0 aromatic carbocycles. The molecule has 0 spiro atoms. The monoisotopic (exact) mass is 269 g/mol. The van der Waals surface area contributed by atoms with Crippen molar-refractivity contribution in [3.8, 4) is 0 Å². The third kappa shape index (κ3) is 5.94. The van der Waals surface area contributed by atoms with Gasteiger partial charge in [0, 0.05) is 0 Å². The van der Waals surface area contributed by atoms with E-state index in [9.17, 15) is 4.79 Å². The van der Waals surface area contributed by atoms with Gasteiger partial charge >= 0.3 is 5.97 Å². The van der Waals surface area contributed by atoms with Crippen molar-refractivity contribution in [2.24, 2.45) is 17.8 Å². The first-order valence-electron chi connectivity index (χ1n) is 7.77. The molecule has 3 heteroatoms. The second-order valence-electron chi connectivity index (χ2n) is 6.71. The first-order valence-corrected chi connectivity index (χ1v) is 7.77. The van der Waals surface area contributed by atoms with Crippen LogP contribution in [0.25, 0.3) is 0 Å². The van der Waals surface area contributed by atoms with E-state index in [0.29, 0.717) is 17.8 Å². The summed E-state index contributed by atoms with van der Waals surface area (Å²) in [5.41, 5.74) is 0. The van der Waals surface area contributed by atoms with E-state index >= 15 is 0 Å². The Kier molecular flexibility index (Phi) is 6.84. The van der Waals surface area contributed by atoms with Crippen LogP contribution in [-0.2, 0) is 9.53 Å². The minimum Gasteiger partial charge on any atom is -0.468 e. The van der Waals surface area contributed by atoms with Gasteiger partial charge in [0.15, 0.2) is 0 Å². The van der Waals surface area contributed by atoms with Crippen molar-refractivity contribution in [3.05, 3.63) is 0 Å². The molecular formula is C16H31NO2. The number of hydrogen-bond donors (Lipinski definition) is 0. The number of hydrogen-bond acceptors (Lipinski definition) is 3. The first-order chi connectivity index (χ1) is 8.95. The van der Waals surface area contributed by atoms with Gasteiger partial charge in [0.05, 0.1) is 7.11 Å². The molecule has 0 radical (unpaired) electrons. The van der Waals surface area contributed by atoms with Gasteiger partial charge in [0.25, 0.3) is 0 Å². The number of methoxy groups -OCH3 is 1. The zero-order chi connectivity index (χ0) is 14.4. The minimum absolute atomic E-state index is 0.00231. The van der Waals surface area contributed by atoms with E-state index in [1.807, 2.05) is 0 Å². The van der Waals surface area contributed by atoms with E-state index in [2.05, 4.69) is 32.6 Å². The predicted octanol–water partition coefficient (Wildman–Crippen LogP) is 3.33. The number of nitrogens with zero attached hydrogens (tertiary/aromatic N) is 1. The van der Waals surface area contributed by atoms with Gasteiger partial charge in [-0.2, -0.15) is 0 Å². The Morgan fingerprint density at radius 3 is 1.89 bits per heavy atom. The van der Waals surface area contributed by atoms with Crippen LogP contribution in [0.5, 0.6) is 0 Å². The summed E-state index contributed by atoms with van der Waals surface area (Å²) in [6, 6.07) is 0.00231. The maximum atomic E-state index is 12.1. The van der Waals surface area contributed by atoms with Crippen LogP contribution < -0.4 is 0 Å². The molecule has 3 nitrogen and oxygen atoms in total. The second-order valence-corrected chi connectivity index (χ2v) is 6.71. The van der Waals surface area contributed by atoms with E-state index in [1.165, 1.54) is 20.0 Å². The van der Waals surface area contributed by atoms with E-state index in [-0.39, 0.29) is 12.0 Å². The molecule has 0 aromatic rings. The molecule has 0 N–H and O–H groups in total. The number of carbonyl (C=O) groups excluding carboxylic acids is 1. The summed E-state index contributed by atoms with van der Waals surface area (Å²) in [6.45, 7) is 11.0. The molecule has 19 heavy (non-hydrogen) atoms. The fourth-order valence-electron chi connectivity index (χ4n) is 2.41. The molecule has 1 atom stereocenters. The zero-order valence-electron chi connectivity index (χ0n) is 13.3. The molecule has 0 heterocycles. The Morgan fingerprint density at radius 2 is 1.58 bits per heavy atom. The van der Waals surface area contributed by atoms with Crippen molar-refractivity contribution in [3.63, 3.8) is 0 Å². The van der Waals surface area contributed by atoms with Crippen LogP contribution in [-0.4, -0.2) is 37.1 Å². The third-order valence-electron chi connectivity index (χ3n) is 3.89. The van der Waals surface area contributed by atoms with Crippen LogP contribution in [0.3, 0.4) is 0 Å². The summed E-state index contributed by atoms with van der Waals surface area (Å²) >= 11 is 0. The largest absolute Gasteiger partial charge is 0.468 e. The van der Waals surface area contributed by atoms with Crippen molar-refractivity contribution in [2.75, 3.05) is 20.2 Å². The average Bonchev–Trinajstić information content (AvgIpc) is 3.15. The number of carbonyl (C=O) groups is 1. The van der Waals surface area contributed by atoms with Gasteiger partial charge in [-0.05, 0) is 56.5 Å². The molecule has 1 saturated carbocycles. The summed E-state index contributed by atoms with van der Waals surface area (Å²) in [7, 11) is 1.51. The van der Waals surface area contributed by atoms with Crippen LogP contribution in [0.15, 0.2) is 0 Å². The van der Waals surface area contributed by atoms with Crippen molar-refractivity contribution in [1.29, 1.82) is 0 Å². The molecule has 1 rings (SSSR count). The second kappa shape index (κ2) is 7.88. The highest BCUT2D eigenvalue weighted by Crippen LogP contribution is 2.36. The van der Waals surface area contributed by atoms with Crippen molar-refractivity contribution >= 4 is 5.97 Å². The summed E-state index contributed by atoms with van der Waals surface area (Å²) in [4.78, 5) is 14.4. The Hall–Kier alpha value is -0.570. The SMILES string of the molecule is COC(=O)C(C1CC1)N(CCC(C)C)CCC(C)C. The molecule has 0 saturated heterocycles. The maximum Gasteiger partial charge on any atom is 0.323 e. The van der Waals surface area contributed by atoms with Gasteiger partial charge in [-0.1, -0.05) is 27.7 Å². The van der Waals surface area contributed by atoms with Crippen molar-refractivity contribution in [2.45, 2.75) is 59.4 Å². The molecule has 112 valence electrons. The molecule has 0 amide bonds. The van der Waals surface area contributed by atoms with E-state index in [0.717, 1.165) is 25.9 Å². The maximum absolute atomic E-state index is 12.1. The van der Waals surface area contributed by atoms with Crippen LogP contribution in [0.1, 0.15) is 53.4 Å². The summed E-state index contributed by atoms with van der Waals surface area (Å²) in [6.07, 6.45) is 4.66. The smallest absolute Gasteiger partial charge is 0.323 e. The Balaban J connectivity index is 2.64. The van der Waals surface area contributed by atoms with E-state index in [4.69, 9.17) is 4.74 Å². The molecule has 1 aliphatic rings. The lowest BCUT2D eigenvalue weighted by molar-refractivity contribution is -0.148. The van der Waals surface area contributed by atoms with Gasteiger partial charge in [-0.3, -0.25) is 9.69 Å². The van der Waals surface area contributed by atoms with Crippen LogP contribution in [0.2, 0.25) is 0 Å². The predicted molar refractivity (Wildman–Crippen MR) is 79.0 cm³/mol. The lowest BCUT2D eigenvalue weighted by atomic mass is 10.0. The summed E-state index contributed by atoms with van der Waals surface area (Å²) < 4.78 is 5.03. The molecule has 0 aliphatic heterocycles. The minimum atomic E-state index is -0.0324. The summed E-state index contributed by atoms with van der Waals surface area (Å²) in [5.74, 6) is 1.86. The topological polar surface area (TPSA) is 29.5 Å². The highest BCUT2D eigenvalue weighted by molar-refractivity contribution is 5.76. The normalized spacial score (nSPS) is 17.3. The highest BCUT2D eigenvalue weighted by Gasteiger charge is 2.40. The molecule has 1 aliphatic carbocycles. The fraction of sp³-hybridized carbons (Fsp3) is 0.938. The Morgan fingerprint density at radius 1 is 1.11 bits per heavy atom. The Bertz CT molecular complexity index is 260. The first kappa shape index (κ1) is 16.5. The Labute approximate surface area is 118 Å². The number of esters is 1. The van der Waals surface area contributed by atoms with E-state index in [1.54, 1.807) is 0 Å². The molecule has 0 aromatic heterocycles. The van der Waals surface area contributed by atoms with Gasteiger partial charge in [0.2, 0.25) is 0 Å². The summed E-state index contributed by atoms with van der Waals surface area (Å²) in [5, 5.41) is 0. The van der Waals surface area contributed by atoms with Gasteiger partial charge < -0.3 is 4.74 Å². The van der Waals surface area contributed by atoms with Crippen LogP contribution in [0, 0.1) is 17.8 Å². The molecule has 1 unspecified atom stereocenters. The third-order valence-corrected chi connectivity index (χ3v) is 3.89. The van der Waals surface area contributed by atoms with Gasteiger partial charge in [0.1, 0.15) is 6.04 Å². The lowest BCUT2D eigenvalue weighted by Crippen LogP contribution is -2.45. The number of ether oxygens (including phenoxy) is 1. The molecule has 0 bridgehead atoms.